The van der Waals surface area contributed by atoms with Crippen LogP contribution in [0.4, 0.5) is 15.4 Å². The average Bonchev–Trinajstić information content (AvgIpc) is 2.96. The molecule has 4 rings (SSSR count). The van der Waals surface area contributed by atoms with Crippen molar-refractivity contribution in [2.24, 2.45) is 5.92 Å². The molecule has 2 aromatic rings. The number of amides is 4. The van der Waals surface area contributed by atoms with Crippen LogP contribution in [0.5, 0.6) is 0 Å². The number of anilines is 1. The Bertz CT molecular complexity index is 1030. The van der Waals surface area contributed by atoms with Crippen LogP contribution in [-0.2, 0) is 16.0 Å². The average molecular weight is 443 g/mol. The van der Waals surface area contributed by atoms with E-state index < -0.39 is 11.6 Å². The number of carbonyl (C=O) groups excluding carboxylic acids is 3. The van der Waals surface area contributed by atoms with Crippen LogP contribution in [0.2, 0.25) is 0 Å². The molecule has 1 N–H and O–H groups in total. The van der Waals surface area contributed by atoms with Crippen molar-refractivity contribution in [3.63, 3.8) is 0 Å². The van der Waals surface area contributed by atoms with Gasteiger partial charge in [-0.2, -0.15) is 0 Å². The Morgan fingerprint density at radius 2 is 2.03 bits per heavy atom. The van der Waals surface area contributed by atoms with Crippen molar-refractivity contribution in [3.05, 3.63) is 23.8 Å². The summed E-state index contributed by atoms with van der Waals surface area (Å²) in [7, 11) is 0. The van der Waals surface area contributed by atoms with Crippen LogP contribution in [0.3, 0.4) is 0 Å². The fourth-order valence-corrected chi connectivity index (χ4v) is 4.27. The highest BCUT2D eigenvalue weighted by atomic mass is 16.6. The van der Waals surface area contributed by atoms with E-state index in [1.165, 1.54) is 4.90 Å². The molecule has 9 heteroatoms. The highest BCUT2D eigenvalue weighted by Crippen LogP contribution is 2.30. The van der Waals surface area contributed by atoms with Crippen molar-refractivity contribution in [1.29, 1.82) is 0 Å². The summed E-state index contributed by atoms with van der Waals surface area (Å²) in [5, 5.41) is 7.16. The van der Waals surface area contributed by atoms with E-state index >= 15 is 0 Å². The quantitative estimate of drug-likeness (QED) is 0.774. The number of rotatable bonds is 3. The zero-order valence-electron chi connectivity index (χ0n) is 18.8. The third-order valence-electron chi connectivity index (χ3n) is 5.85. The lowest BCUT2D eigenvalue weighted by Crippen LogP contribution is -2.49. The summed E-state index contributed by atoms with van der Waals surface area (Å²) >= 11 is 0. The number of aromatic nitrogens is 1. The first kappa shape index (κ1) is 22.1. The van der Waals surface area contributed by atoms with Crippen LogP contribution >= 0.6 is 0 Å². The molecule has 1 aromatic heterocycles. The summed E-state index contributed by atoms with van der Waals surface area (Å²) in [4.78, 5) is 39.3. The van der Waals surface area contributed by atoms with E-state index in [9.17, 15) is 14.4 Å². The number of likely N-dealkylation sites (tertiary alicyclic amines) is 1. The Hall–Kier alpha value is -3.10. The maximum atomic E-state index is 12.4. The first-order valence-corrected chi connectivity index (χ1v) is 11.2. The van der Waals surface area contributed by atoms with Gasteiger partial charge in [0.25, 0.3) is 0 Å². The Labute approximate surface area is 187 Å². The van der Waals surface area contributed by atoms with Crippen LogP contribution in [0, 0.1) is 5.92 Å². The Kier molecular flexibility index (Phi) is 6.08. The molecule has 9 nitrogen and oxygen atoms in total. The lowest BCUT2D eigenvalue weighted by atomic mass is 9.92. The molecular formula is C23H30N4O5. The van der Waals surface area contributed by atoms with Crippen molar-refractivity contribution in [2.75, 3.05) is 24.5 Å². The fourth-order valence-electron chi connectivity index (χ4n) is 4.27. The predicted molar refractivity (Wildman–Crippen MR) is 118 cm³/mol. The number of benzene rings is 1. The minimum absolute atomic E-state index is 0.232. The molecule has 3 heterocycles. The number of hydrogen-bond acceptors (Lipinski definition) is 6. The molecule has 32 heavy (non-hydrogen) atoms. The summed E-state index contributed by atoms with van der Waals surface area (Å²) in [5.41, 5.74) is 1.24. The maximum Gasteiger partial charge on any atom is 0.410 e. The van der Waals surface area contributed by atoms with Crippen molar-refractivity contribution in [1.82, 2.24) is 15.4 Å². The van der Waals surface area contributed by atoms with Gasteiger partial charge < -0.3 is 14.2 Å². The monoisotopic (exact) mass is 442 g/mol. The van der Waals surface area contributed by atoms with Gasteiger partial charge in [-0.25, -0.2) is 9.59 Å². The predicted octanol–water partition coefficient (Wildman–Crippen LogP) is 3.85. The van der Waals surface area contributed by atoms with Gasteiger partial charge in [-0.15, -0.1) is 0 Å². The van der Waals surface area contributed by atoms with E-state index in [1.807, 2.05) is 43.9 Å². The smallest absolute Gasteiger partial charge is 0.410 e. The Balaban J connectivity index is 1.44. The van der Waals surface area contributed by atoms with E-state index in [4.69, 9.17) is 9.26 Å². The third kappa shape index (κ3) is 5.03. The van der Waals surface area contributed by atoms with Crippen LogP contribution in [0.15, 0.2) is 22.7 Å². The molecule has 2 aliphatic heterocycles. The zero-order chi connectivity index (χ0) is 22.9. The maximum absolute atomic E-state index is 12.4. The number of urea groups is 1. The van der Waals surface area contributed by atoms with E-state index in [0.717, 1.165) is 36.6 Å². The van der Waals surface area contributed by atoms with Gasteiger partial charge in [0, 0.05) is 26.1 Å². The SMILES string of the molecule is CC(C)(C)OC(=O)N1CCCC(Cc2ccc3onc(N4CCC(=O)NC4=O)c3c2)CC1. The molecule has 1 atom stereocenters. The Morgan fingerprint density at radius 1 is 1.22 bits per heavy atom. The summed E-state index contributed by atoms with van der Waals surface area (Å²) in [6.07, 6.45) is 3.73. The molecule has 0 aliphatic carbocycles. The van der Waals surface area contributed by atoms with Gasteiger partial charge in [0.1, 0.15) is 5.60 Å². The molecule has 0 saturated carbocycles. The number of imide groups is 1. The van der Waals surface area contributed by atoms with Crippen molar-refractivity contribution in [3.8, 4) is 0 Å². The lowest BCUT2D eigenvalue weighted by Gasteiger charge is -2.26. The van der Waals surface area contributed by atoms with Crippen LogP contribution in [0.1, 0.15) is 52.0 Å². The lowest BCUT2D eigenvalue weighted by molar-refractivity contribution is -0.120. The first-order chi connectivity index (χ1) is 15.2. The minimum Gasteiger partial charge on any atom is -0.444 e. The molecule has 4 amide bonds. The summed E-state index contributed by atoms with van der Waals surface area (Å²) in [6, 6.07) is 5.43. The molecule has 0 bridgehead atoms. The molecular weight excluding hydrogens is 412 g/mol. The van der Waals surface area contributed by atoms with E-state index in [2.05, 4.69) is 10.5 Å². The number of nitrogens with zero attached hydrogens (tertiary/aromatic N) is 3. The van der Waals surface area contributed by atoms with Gasteiger partial charge in [0.2, 0.25) is 5.91 Å². The highest BCUT2D eigenvalue weighted by molar-refractivity contribution is 6.08. The van der Waals surface area contributed by atoms with Gasteiger partial charge in [-0.05, 0) is 70.1 Å². The first-order valence-electron chi connectivity index (χ1n) is 11.2. The minimum atomic E-state index is -0.493. The second kappa shape index (κ2) is 8.80. The molecule has 0 spiro atoms. The number of ether oxygens (including phenoxy) is 1. The molecule has 1 aromatic carbocycles. The van der Waals surface area contributed by atoms with Crippen LogP contribution in [0.25, 0.3) is 11.0 Å². The molecule has 2 aliphatic rings. The largest absolute Gasteiger partial charge is 0.444 e. The zero-order valence-corrected chi connectivity index (χ0v) is 18.8. The van der Waals surface area contributed by atoms with Gasteiger partial charge in [-0.1, -0.05) is 11.2 Å². The molecule has 1 unspecified atom stereocenters. The molecule has 2 saturated heterocycles. The summed E-state index contributed by atoms with van der Waals surface area (Å²) in [6.45, 7) is 7.31. The Morgan fingerprint density at radius 3 is 2.78 bits per heavy atom. The normalized spacial score (nSPS) is 20.3. The van der Waals surface area contributed by atoms with Crippen molar-refractivity contribution < 1.29 is 23.6 Å². The van der Waals surface area contributed by atoms with Crippen LogP contribution in [-0.4, -0.2) is 53.3 Å². The van der Waals surface area contributed by atoms with Crippen LogP contribution < -0.4 is 10.2 Å². The molecule has 0 radical (unpaired) electrons. The standard InChI is InChI=1S/C23H30N4O5/c1-23(2,3)31-22(30)26-10-4-5-15(8-11-26)13-16-6-7-18-17(14-16)20(25-32-18)27-12-9-19(28)24-21(27)29/h6-7,14-15H,4-5,8-13H2,1-3H3,(H,24,28,29). The topological polar surface area (TPSA) is 105 Å². The van der Waals surface area contributed by atoms with E-state index in [1.54, 1.807) is 0 Å². The number of nitrogens with one attached hydrogen (secondary N) is 1. The van der Waals surface area contributed by atoms with Crippen molar-refractivity contribution in [2.45, 2.75) is 58.5 Å². The highest BCUT2D eigenvalue weighted by Gasteiger charge is 2.29. The molecule has 2 fully saturated rings. The van der Waals surface area contributed by atoms with E-state index in [-0.39, 0.29) is 25.0 Å². The summed E-state index contributed by atoms with van der Waals surface area (Å²) in [5.74, 6) is 0.594. The number of hydrogen-bond donors (Lipinski definition) is 1. The third-order valence-corrected chi connectivity index (χ3v) is 5.85. The van der Waals surface area contributed by atoms with Gasteiger partial charge >= 0.3 is 12.1 Å². The van der Waals surface area contributed by atoms with Gasteiger partial charge in [0.05, 0.1) is 5.39 Å². The second-order valence-corrected chi connectivity index (χ2v) is 9.56. The number of fused-ring (bicyclic) bond motifs is 1. The second-order valence-electron chi connectivity index (χ2n) is 9.56. The van der Waals surface area contributed by atoms with Gasteiger partial charge in [0.15, 0.2) is 11.4 Å². The molecule has 172 valence electrons. The number of carbonyl (C=O) groups is 3. The van der Waals surface area contributed by atoms with Gasteiger partial charge in [-0.3, -0.25) is 15.0 Å². The van der Waals surface area contributed by atoms with Crippen molar-refractivity contribution >= 4 is 34.8 Å². The summed E-state index contributed by atoms with van der Waals surface area (Å²) < 4.78 is 10.9. The fraction of sp³-hybridized carbons (Fsp3) is 0.565. The van der Waals surface area contributed by atoms with E-state index in [0.29, 0.717) is 30.4 Å².